The van der Waals surface area contributed by atoms with E-state index < -0.39 is 0 Å². The summed E-state index contributed by atoms with van der Waals surface area (Å²) in [6, 6.07) is 5.41. The number of hydrogen-bond donors (Lipinski definition) is 3. The van der Waals surface area contributed by atoms with Crippen molar-refractivity contribution in [2.24, 2.45) is 5.73 Å². The molecule has 1 aromatic rings. The van der Waals surface area contributed by atoms with E-state index >= 15 is 0 Å². The number of anilines is 1. The number of aliphatic hydroxyl groups is 1. The average Bonchev–Trinajstić information content (AvgIpc) is 2.39. The number of nitrogens with one attached hydrogen (secondary N) is 1. The van der Waals surface area contributed by atoms with Crippen molar-refractivity contribution < 1.29 is 5.11 Å². The molecule has 5 nitrogen and oxygen atoms in total. The summed E-state index contributed by atoms with van der Waals surface area (Å²) >= 11 is 6.04. The lowest BCUT2D eigenvalue weighted by atomic mass is 10.1. The van der Waals surface area contributed by atoms with Gasteiger partial charge in [0.25, 0.3) is 0 Å². The minimum Gasteiger partial charge on any atom is -0.395 e. The molecule has 0 bridgehead atoms. The highest BCUT2D eigenvalue weighted by Gasteiger charge is 2.19. The van der Waals surface area contributed by atoms with Crippen LogP contribution in [-0.2, 0) is 0 Å². The van der Waals surface area contributed by atoms with Crippen LogP contribution in [0, 0.1) is 5.41 Å². The summed E-state index contributed by atoms with van der Waals surface area (Å²) < 4.78 is 0. The fourth-order valence-electron chi connectivity index (χ4n) is 2.35. The summed E-state index contributed by atoms with van der Waals surface area (Å²) in [7, 11) is 0. The lowest BCUT2D eigenvalue weighted by molar-refractivity contribution is 0.189. The average molecular weight is 283 g/mol. The van der Waals surface area contributed by atoms with Gasteiger partial charge >= 0.3 is 0 Å². The zero-order chi connectivity index (χ0) is 13.8. The Morgan fingerprint density at radius 3 is 2.58 bits per heavy atom. The topological polar surface area (TPSA) is 76.6 Å². The van der Waals surface area contributed by atoms with Gasteiger partial charge in [0.15, 0.2) is 0 Å². The number of nitrogen functional groups attached to an aromatic ring is 1. The normalized spacial score (nSPS) is 16.6. The molecule has 2 rings (SSSR count). The first-order valence-corrected chi connectivity index (χ1v) is 6.71. The smallest absolute Gasteiger partial charge is 0.124 e. The number of rotatable bonds is 4. The Labute approximate surface area is 118 Å². The molecule has 1 aromatic carbocycles. The highest BCUT2D eigenvalue weighted by Crippen LogP contribution is 2.25. The highest BCUT2D eigenvalue weighted by molar-refractivity contribution is 6.31. The molecule has 0 aromatic heterocycles. The molecule has 0 saturated carbocycles. The third-order valence-electron chi connectivity index (χ3n) is 3.38. The van der Waals surface area contributed by atoms with Crippen LogP contribution < -0.4 is 10.6 Å². The number of hydrogen-bond acceptors (Lipinski definition) is 4. The molecule has 6 heteroatoms. The minimum atomic E-state index is 0.0597. The van der Waals surface area contributed by atoms with E-state index in [-0.39, 0.29) is 12.4 Å². The lowest BCUT2D eigenvalue weighted by Gasteiger charge is -2.36. The zero-order valence-corrected chi connectivity index (χ0v) is 11.5. The first-order valence-electron chi connectivity index (χ1n) is 6.34. The van der Waals surface area contributed by atoms with Gasteiger partial charge < -0.3 is 15.7 Å². The van der Waals surface area contributed by atoms with Gasteiger partial charge in [0.1, 0.15) is 5.84 Å². The molecule has 0 radical (unpaired) electrons. The van der Waals surface area contributed by atoms with Crippen molar-refractivity contribution in [1.82, 2.24) is 4.90 Å². The first kappa shape index (κ1) is 14.1. The second kappa shape index (κ2) is 6.23. The molecule has 1 heterocycles. The number of benzene rings is 1. The van der Waals surface area contributed by atoms with E-state index in [9.17, 15) is 0 Å². The third kappa shape index (κ3) is 3.37. The van der Waals surface area contributed by atoms with E-state index in [4.69, 9.17) is 27.9 Å². The summed E-state index contributed by atoms with van der Waals surface area (Å²) in [5.41, 5.74) is 7.26. The number of nitrogens with zero attached hydrogens (tertiary/aromatic N) is 2. The molecule has 4 N–H and O–H groups in total. The Kier molecular flexibility index (Phi) is 4.63. The lowest BCUT2D eigenvalue weighted by Crippen LogP contribution is -2.47. The first-order chi connectivity index (χ1) is 9.11. The largest absolute Gasteiger partial charge is 0.395 e. The van der Waals surface area contributed by atoms with Crippen molar-refractivity contribution in [2.45, 2.75) is 0 Å². The van der Waals surface area contributed by atoms with E-state index in [0.29, 0.717) is 11.6 Å². The van der Waals surface area contributed by atoms with Crippen molar-refractivity contribution in [3.8, 4) is 0 Å². The molecule has 1 fully saturated rings. The fraction of sp³-hybridized carbons (Fsp3) is 0.462. The van der Waals surface area contributed by atoms with E-state index in [2.05, 4.69) is 9.80 Å². The van der Waals surface area contributed by atoms with Gasteiger partial charge in [-0.1, -0.05) is 11.6 Å². The van der Waals surface area contributed by atoms with E-state index in [1.807, 2.05) is 6.07 Å². The van der Waals surface area contributed by atoms with Gasteiger partial charge in [-0.05, 0) is 18.2 Å². The molecular weight excluding hydrogens is 264 g/mol. The molecule has 0 amide bonds. The van der Waals surface area contributed by atoms with E-state index in [1.165, 1.54) is 0 Å². The zero-order valence-electron chi connectivity index (χ0n) is 10.8. The van der Waals surface area contributed by atoms with Gasteiger partial charge in [-0.2, -0.15) is 0 Å². The molecular formula is C13H19ClN4O. The molecule has 1 aliphatic heterocycles. The molecule has 19 heavy (non-hydrogen) atoms. The Bertz CT molecular complexity index is 458. The van der Waals surface area contributed by atoms with E-state index in [0.717, 1.165) is 37.4 Å². The van der Waals surface area contributed by atoms with Crippen molar-refractivity contribution >= 4 is 23.1 Å². The van der Waals surface area contributed by atoms with Gasteiger partial charge in [-0.15, -0.1) is 0 Å². The van der Waals surface area contributed by atoms with Crippen molar-refractivity contribution in [2.75, 3.05) is 44.2 Å². The molecule has 0 aliphatic carbocycles. The SMILES string of the molecule is N=C(N)c1ccc(Cl)cc1N1CCN(CCO)CC1. The van der Waals surface area contributed by atoms with Crippen molar-refractivity contribution in [3.63, 3.8) is 0 Å². The maximum absolute atomic E-state index is 8.94. The summed E-state index contributed by atoms with van der Waals surface area (Å²) in [6.45, 7) is 4.38. The predicted molar refractivity (Wildman–Crippen MR) is 78.2 cm³/mol. The van der Waals surface area contributed by atoms with Crippen LogP contribution in [0.5, 0.6) is 0 Å². The number of β-amino-alcohol motifs (C(OH)–C–C–N with tert-alkyl or cyclic N) is 1. The van der Waals surface area contributed by atoms with Crippen LogP contribution >= 0.6 is 11.6 Å². The van der Waals surface area contributed by atoms with Gasteiger partial charge in [0.2, 0.25) is 0 Å². The molecule has 1 saturated heterocycles. The summed E-state index contributed by atoms with van der Waals surface area (Å²) in [5, 5.41) is 17.2. The number of aliphatic hydroxyl groups excluding tert-OH is 1. The van der Waals surface area contributed by atoms with Crippen LogP contribution in [0.4, 0.5) is 5.69 Å². The van der Waals surface area contributed by atoms with Gasteiger partial charge in [-0.3, -0.25) is 10.3 Å². The predicted octanol–water partition coefficient (Wildman–Crippen LogP) is 0.738. The van der Waals surface area contributed by atoms with Crippen LogP contribution in [0.15, 0.2) is 18.2 Å². The number of amidine groups is 1. The van der Waals surface area contributed by atoms with Gasteiger partial charge in [0, 0.05) is 49.0 Å². The van der Waals surface area contributed by atoms with Gasteiger partial charge in [0.05, 0.1) is 6.61 Å². The summed E-state index contributed by atoms with van der Waals surface area (Å²) in [4.78, 5) is 4.41. The van der Waals surface area contributed by atoms with Crippen molar-refractivity contribution in [1.29, 1.82) is 5.41 Å². The standard InChI is InChI=1S/C13H19ClN4O/c14-10-1-2-11(13(15)16)12(9-10)18-5-3-17(4-6-18)7-8-19/h1-2,9,19H,3-8H2,(H3,15,16). The maximum atomic E-state index is 8.94. The molecule has 0 spiro atoms. The Balaban J connectivity index is 2.14. The second-order valence-electron chi connectivity index (χ2n) is 4.63. The Morgan fingerprint density at radius 2 is 2.00 bits per heavy atom. The molecule has 0 atom stereocenters. The fourth-order valence-corrected chi connectivity index (χ4v) is 2.51. The number of nitrogens with two attached hydrogens (primary N) is 1. The Hall–Kier alpha value is -1.30. The molecule has 0 unspecified atom stereocenters. The number of piperazine rings is 1. The second-order valence-corrected chi connectivity index (χ2v) is 5.06. The molecule has 1 aliphatic rings. The maximum Gasteiger partial charge on any atom is 0.124 e. The number of halogens is 1. The summed E-state index contributed by atoms with van der Waals surface area (Å²) in [5.74, 6) is 0.0597. The van der Waals surface area contributed by atoms with Gasteiger partial charge in [-0.25, -0.2) is 0 Å². The summed E-state index contributed by atoms with van der Waals surface area (Å²) in [6.07, 6.45) is 0. The van der Waals surface area contributed by atoms with Crippen LogP contribution in [0.25, 0.3) is 0 Å². The third-order valence-corrected chi connectivity index (χ3v) is 3.61. The quantitative estimate of drug-likeness (QED) is 0.562. The Morgan fingerprint density at radius 1 is 1.32 bits per heavy atom. The molecule has 104 valence electrons. The van der Waals surface area contributed by atoms with Crippen LogP contribution in [0.2, 0.25) is 5.02 Å². The van der Waals surface area contributed by atoms with E-state index in [1.54, 1.807) is 12.1 Å². The highest BCUT2D eigenvalue weighted by atomic mass is 35.5. The van der Waals surface area contributed by atoms with Crippen LogP contribution in [-0.4, -0.2) is 55.2 Å². The van der Waals surface area contributed by atoms with Crippen LogP contribution in [0.3, 0.4) is 0 Å². The van der Waals surface area contributed by atoms with Crippen LogP contribution in [0.1, 0.15) is 5.56 Å². The minimum absolute atomic E-state index is 0.0597. The van der Waals surface area contributed by atoms with Crippen molar-refractivity contribution in [3.05, 3.63) is 28.8 Å². The monoisotopic (exact) mass is 282 g/mol.